The Balaban J connectivity index is 1.55. The van der Waals surface area contributed by atoms with E-state index in [0.717, 1.165) is 16.8 Å². The molecule has 6 heteroatoms. The Morgan fingerprint density at radius 1 is 1.15 bits per heavy atom. The molecule has 0 atom stereocenters. The third-order valence-electron chi connectivity index (χ3n) is 4.43. The predicted molar refractivity (Wildman–Crippen MR) is 105 cm³/mol. The highest BCUT2D eigenvalue weighted by Gasteiger charge is 2.18. The van der Waals surface area contributed by atoms with Crippen LogP contribution in [0, 0.1) is 0 Å². The van der Waals surface area contributed by atoms with Crippen LogP contribution in [-0.2, 0) is 13.0 Å². The van der Waals surface area contributed by atoms with Gasteiger partial charge in [0, 0.05) is 48.6 Å². The van der Waals surface area contributed by atoms with E-state index in [1.54, 1.807) is 18.5 Å². The number of nitrogens with one attached hydrogen (secondary N) is 1. The second kappa shape index (κ2) is 7.68. The van der Waals surface area contributed by atoms with Crippen molar-refractivity contribution in [3.63, 3.8) is 0 Å². The monoisotopic (exact) mass is 379 g/mol. The third kappa shape index (κ3) is 3.73. The Hall–Kier alpha value is -3.05. The Labute approximate surface area is 161 Å². The second-order valence-corrected chi connectivity index (χ2v) is 6.61. The van der Waals surface area contributed by atoms with Crippen molar-refractivity contribution in [1.82, 2.24) is 14.9 Å². The Morgan fingerprint density at radius 3 is 2.81 bits per heavy atom. The fourth-order valence-electron chi connectivity index (χ4n) is 3.07. The van der Waals surface area contributed by atoms with Crippen LogP contribution in [0.25, 0.3) is 11.1 Å². The molecule has 0 radical (unpaired) electrons. The Morgan fingerprint density at radius 2 is 2.00 bits per heavy atom. The molecular formula is C21H18ClN3O2. The first-order chi connectivity index (χ1) is 13.2. The number of carbonyl (C=O) groups is 1. The molecule has 1 amide bonds. The molecular weight excluding hydrogens is 362 g/mol. The van der Waals surface area contributed by atoms with Gasteiger partial charge in [0.05, 0.1) is 11.8 Å². The van der Waals surface area contributed by atoms with Crippen LogP contribution >= 0.6 is 11.6 Å². The minimum atomic E-state index is -0.149. The highest BCUT2D eigenvalue weighted by Crippen LogP contribution is 2.24. The van der Waals surface area contributed by atoms with Crippen LogP contribution in [0.3, 0.4) is 0 Å². The van der Waals surface area contributed by atoms with Crippen molar-refractivity contribution >= 4 is 28.6 Å². The molecule has 3 heterocycles. The number of halogens is 1. The van der Waals surface area contributed by atoms with Crippen molar-refractivity contribution < 1.29 is 9.21 Å². The lowest BCUT2D eigenvalue weighted by molar-refractivity contribution is 0.0945. The van der Waals surface area contributed by atoms with Crippen molar-refractivity contribution in [1.29, 1.82) is 0 Å². The molecule has 5 nitrogen and oxygen atoms in total. The number of benzene rings is 1. The van der Waals surface area contributed by atoms with Crippen molar-refractivity contribution in [2.75, 3.05) is 6.54 Å². The summed E-state index contributed by atoms with van der Waals surface area (Å²) in [7, 11) is 0. The zero-order chi connectivity index (χ0) is 18.6. The maximum atomic E-state index is 12.8. The number of furan rings is 1. The molecule has 1 aromatic carbocycles. The normalized spacial score (nSPS) is 11.0. The molecule has 0 aliphatic carbocycles. The van der Waals surface area contributed by atoms with E-state index in [1.165, 1.54) is 0 Å². The van der Waals surface area contributed by atoms with Gasteiger partial charge in [-0.05, 0) is 23.8 Å². The van der Waals surface area contributed by atoms with E-state index >= 15 is 0 Å². The van der Waals surface area contributed by atoms with Gasteiger partial charge in [0.25, 0.3) is 5.91 Å². The predicted octanol–water partition coefficient (Wildman–Crippen LogP) is 4.30. The van der Waals surface area contributed by atoms with Crippen molar-refractivity contribution in [2.24, 2.45) is 0 Å². The van der Waals surface area contributed by atoms with Crippen LogP contribution in [0.5, 0.6) is 0 Å². The lowest BCUT2D eigenvalue weighted by Crippen LogP contribution is -2.28. The topological polar surface area (TPSA) is 60.1 Å². The van der Waals surface area contributed by atoms with Gasteiger partial charge >= 0.3 is 0 Å². The van der Waals surface area contributed by atoms with Gasteiger partial charge in [-0.15, -0.1) is 0 Å². The van der Waals surface area contributed by atoms with E-state index in [-0.39, 0.29) is 5.91 Å². The summed E-state index contributed by atoms with van der Waals surface area (Å²) in [5.41, 5.74) is 3.98. The number of hydrogen-bond acceptors (Lipinski definition) is 3. The fraction of sp³-hybridized carbons (Fsp3) is 0.143. The molecule has 0 unspecified atom stereocenters. The van der Waals surface area contributed by atoms with Crippen molar-refractivity contribution in [3.05, 3.63) is 89.0 Å². The largest absolute Gasteiger partial charge is 0.463 e. The van der Waals surface area contributed by atoms with Gasteiger partial charge in [0.15, 0.2) is 5.58 Å². The number of pyridine rings is 1. The lowest BCUT2D eigenvalue weighted by Gasteiger charge is -2.11. The summed E-state index contributed by atoms with van der Waals surface area (Å²) in [4.78, 5) is 17.0. The number of hydrogen-bond donors (Lipinski definition) is 1. The van der Waals surface area contributed by atoms with E-state index in [2.05, 4.69) is 10.3 Å². The summed E-state index contributed by atoms with van der Waals surface area (Å²) < 4.78 is 7.41. The average molecular weight is 380 g/mol. The summed E-state index contributed by atoms with van der Waals surface area (Å²) in [6.45, 7) is 1.00. The standard InChI is InChI=1S/C21H18ClN3O2/c22-17-7-2-1-5-15(17)14-25-18-9-12-27-20(18)13-19(25)21(26)24-11-8-16-6-3-4-10-23-16/h1-7,9-10,12-13H,8,11,14H2,(H,24,26). The fourth-order valence-corrected chi connectivity index (χ4v) is 3.27. The molecule has 4 aromatic rings. The van der Waals surface area contributed by atoms with E-state index in [0.29, 0.717) is 35.8 Å². The molecule has 136 valence electrons. The number of amides is 1. The van der Waals surface area contributed by atoms with Crippen LogP contribution < -0.4 is 5.32 Å². The second-order valence-electron chi connectivity index (χ2n) is 6.20. The lowest BCUT2D eigenvalue weighted by atomic mass is 10.2. The number of aromatic nitrogens is 2. The van der Waals surface area contributed by atoms with Gasteiger partial charge in [-0.1, -0.05) is 35.9 Å². The minimum Gasteiger partial charge on any atom is -0.463 e. The van der Waals surface area contributed by atoms with E-state index < -0.39 is 0 Å². The molecule has 0 fully saturated rings. The summed E-state index contributed by atoms with van der Waals surface area (Å²) >= 11 is 6.31. The van der Waals surface area contributed by atoms with Crippen LogP contribution in [0.15, 0.2) is 71.5 Å². The van der Waals surface area contributed by atoms with Crippen molar-refractivity contribution in [3.8, 4) is 0 Å². The van der Waals surface area contributed by atoms with Gasteiger partial charge in [0.2, 0.25) is 0 Å². The van der Waals surface area contributed by atoms with Crippen LogP contribution in [0.2, 0.25) is 5.02 Å². The van der Waals surface area contributed by atoms with Crippen LogP contribution in [0.4, 0.5) is 0 Å². The zero-order valence-corrected chi connectivity index (χ0v) is 15.3. The number of nitrogens with zero attached hydrogens (tertiary/aromatic N) is 2. The summed E-state index contributed by atoms with van der Waals surface area (Å²) in [6, 6.07) is 17.0. The molecule has 4 rings (SSSR count). The maximum absolute atomic E-state index is 12.8. The number of fused-ring (bicyclic) bond motifs is 1. The van der Waals surface area contributed by atoms with Crippen molar-refractivity contribution in [2.45, 2.75) is 13.0 Å². The molecule has 0 aliphatic rings. The minimum absolute atomic E-state index is 0.149. The Kier molecular flexibility index (Phi) is 4.94. The smallest absolute Gasteiger partial charge is 0.268 e. The van der Waals surface area contributed by atoms with Gasteiger partial charge in [0.1, 0.15) is 5.69 Å². The Bertz CT molecular complexity index is 1070. The van der Waals surface area contributed by atoms with Gasteiger partial charge < -0.3 is 14.3 Å². The molecule has 3 aromatic heterocycles. The van der Waals surface area contributed by atoms with Gasteiger partial charge in [-0.2, -0.15) is 0 Å². The molecule has 0 saturated carbocycles. The first kappa shape index (κ1) is 17.4. The van der Waals surface area contributed by atoms with Crippen LogP contribution in [0.1, 0.15) is 21.7 Å². The summed E-state index contributed by atoms with van der Waals surface area (Å²) in [6.07, 6.45) is 4.05. The number of rotatable bonds is 6. The molecule has 1 N–H and O–H groups in total. The number of carbonyl (C=O) groups excluding carboxylic acids is 1. The zero-order valence-electron chi connectivity index (χ0n) is 14.6. The molecule has 0 spiro atoms. The SMILES string of the molecule is O=C(NCCc1ccccn1)c1cc2occc2n1Cc1ccccc1Cl. The van der Waals surface area contributed by atoms with Gasteiger partial charge in [-0.25, -0.2) is 0 Å². The highest BCUT2D eigenvalue weighted by molar-refractivity contribution is 6.31. The first-order valence-corrected chi connectivity index (χ1v) is 9.08. The molecule has 0 saturated heterocycles. The summed E-state index contributed by atoms with van der Waals surface area (Å²) in [5.74, 6) is -0.149. The van der Waals surface area contributed by atoms with E-state index in [4.69, 9.17) is 16.0 Å². The van der Waals surface area contributed by atoms with E-state index in [9.17, 15) is 4.79 Å². The average Bonchev–Trinajstić information content (AvgIpc) is 3.27. The van der Waals surface area contributed by atoms with Crippen LogP contribution in [-0.4, -0.2) is 22.0 Å². The molecule has 0 aliphatic heterocycles. The maximum Gasteiger partial charge on any atom is 0.268 e. The summed E-state index contributed by atoms with van der Waals surface area (Å²) in [5, 5.41) is 3.64. The van der Waals surface area contributed by atoms with Gasteiger partial charge in [-0.3, -0.25) is 9.78 Å². The highest BCUT2D eigenvalue weighted by atomic mass is 35.5. The third-order valence-corrected chi connectivity index (χ3v) is 4.80. The molecule has 0 bridgehead atoms. The van der Waals surface area contributed by atoms with E-state index in [1.807, 2.05) is 53.1 Å². The quantitative estimate of drug-likeness (QED) is 0.543. The molecule has 27 heavy (non-hydrogen) atoms. The first-order valence-electron chi connectivity index (χ1n) is 8.70.